The van der Waals surface area contributed by atoms with Crippen LogP contribution in [0.3, 0.4) is 0 Å². The third-order valence-corrected chi connectivity index (χ3v) is 3.61. The maximum absolute atomic E-state index is 13.0. The number of ether oxygens (including phenoxy) is 2. The molecule has 2 aromatic rings. The van der Waals surface area contributed by atoms with Gasteiger partial charge in [0.25, 0.3) is 5.91 Å². The zero-order valence-electron chi connectivity index (χ0n) is 14.0. The van der Waals surface area contributed by atoms with Gasteiger partial charge in [-0.1, -0.05) is 29.8 Å². The fourth-order valence-electron chi connectivity index (χ4n) is 2.00. The van der Waals surface area contributed by atoms with Crippen molar-refractivity contribution in [2.24, 2.45) is 0 Å². The van der Waals surface area contributed by atoms with Crippen molar-refractivity contribution in [2.45, 2.75) is 6.54 Å². The topological polar surface area (TPSA) is 64.6 Å². The largest absolute Gasteiger partial charge is 0.497 e. The van der Waals surface area contributed by atoms with Crippen LogP contribution in [0.15, 0.2) is 48.5 Å². The van der Waals surface area contributed by atoms with E-state index in [1.54, 1.807) is 19.2 Å². The summed E-state index contributed by atoms with van der Waals surface area (Å²) in [5, 5.41) is 2.59. The lowest BCUT2D eigenvalue weighted by molar-refractivity contribution is -0.143. The molecule has 0 saturated heterocycles. The minimum Gasteiger partial charge on any atom is -0.497 e. The molecule has 0 aliphatic carbocycles. The van der Waals surface area contributed by atoms with Crippen LogP contribution in [0, 0.1) is 5.82 Å². The molecule has 0 aliphatic rings. The van der Waals surface area contributed by atoms with Crippen molar-refractivity contribution in [3.05, 3.63) is 70.5 Å². The number of hydrogen-bond donors (Lipinski definition) is 1. The van der Waals surface area contributed by atoms with Crippen LogP contribution in [0.25, 0.3) is 6.08 Å². The number of benzene rings is 2. The second kappa shape index (κ2) is 9.58. The molecule has 1 N–H and O–H groups in total. The highest BCUT2D eigenvalue weighted by molar-refractivity contribution is 6.30. The van der Waals surface area contributed by atoms with Crippen molar-refractivity contribution in [3.8, 4) is 5.75 Å². The molecule has 0 saturated carbocycles. The molecule has 7 heteroatoms. The SMILES string of the molecule is COc1cccc(CNC(=O)COC(=O)/C=C/c2ccc(F)c(Cl)c2)c1. The van der Waals surface area contributed by atoms with Crippen molar-refractivity contribution < 1.29 is 23.5 Å². The third kappa shape index (κ3) is 6.22. The Morgan fingerprint density at radius 1 is 1.23 bits per heavy atom. The van der Waals surface area contributed by atoms with Gasteiger partial charge in [-0.2, -0.15) is 0 Å². The average Bonchev–Trinajstić information content (AvgIpc) is 2.65. The maximum Gasteiger partial charge on any atom is 0.331 e. The third-order valence-electron chi connectivity index (χ3n) is 3.32. The van der Waals surface area contributed by atoms with Gasteiger partial charge >= 0.3 is 5.97 Å². The molecular formula is C19H17ClFNO4. The number of carbonyl (C=O) groups is 2. The molecule has 2 aromatic carbocycles. The van der Waals surface area contributed by atoms with Crippen molar-refractivity contribution in [1.29, 1.82) is 0 Å². The molecule has 5 nitrogen and oxygen atoms in total. The van der Waals surface area contributed by atoms with Gasteiger partial charge in [0.2, 0.25) is 0 Å². The molecule has 0 atom stereocenters. The van der Waals surface area contributed by atoms with Crippen molar-refractivity contribution in [3.63, 3.8) is 0 Å². The molecule has 0 aromatic heterocycles. The van der Waals surface area contributed by atoms with Crippen LogP contribution in [0.1, 0.15) is 11.1 Å². The van der Waals surface area contributed by atoms with E-state index in [2.05, 4.69) is 5.32 Å². The predicted octanol–water partition coefficient (Wildman–Crippen LogP) is 3.36. The number of amides is 1. The van der Waals surface area contributed by atoms with Gasteiger partial charge in [-0.25, -0.2) is 9.18 Å². The highest BCUT2D eigenvalue weighted by Crippen LogP contribution is 2.16. The summed E-state index contributed by atoms with van der Waals surface area (Å²) in [6.45, 7) is -0.116. The van der Waals surface area contributed by atoms with E-state index in [-0.39, 0.29) is 11.6 Å². The number of carbonyl (C=O) groups excluding carboxylic acids is 2. The van der Waals surface area contributed by atoms with Gasteiger partial charge in [0.05, 0.1) is 12.1 Å². The fraction of sp³-hybridized carbons (Fsp3) is 0.158. The van der Waals surface area contributed by atoms with Crippen molar-refractivity contribution in [2.75, 3.05) is 13.7 Å². The van der Waals surface area contributed by atoms with E-state index in [0.717, 1.165) is 11.6 Å². The Morgan fingerprint density at radius 3 is 2.77 bits per heavy atom. The lowest BCUT2D eigenvalue weighted by Gasteiger charge is -2.07. The van der Waals surface area contributed by atoms with E-state index >= 15 is 0 Å². The van der Waals surface area contributed by atoms with Gasteiger partial charge in [-0.15, -0.1) is 0 Å². The summed E-state index contributed by atoms with van der Waals surface area (Å²) in [5.74, 6) is -0.977. The van der Waals surface area contributed by atoms with E-state index in [9.17, 15) is 14.0 Å². The summed E-state index contributed by atoms with van der Waals surface area (Å²) in [7, 11) is 1.56. The van der Waals surface area contributed by atoms with Crippen LogP contribution in [0.4, 0.5) is 4.39 Å². The van der Waals surface area contributed by atoms with Crippen LogP contribution < -0.4 is 10.1 Å². The molecule has 0 radical (unpaired) electrons. The average molecular weight is 378 g/mol. The quantitative estimate of drug-likeness (QED) is 0.593. The second-order valence-electron chi connectivity index (χ2n) is 5.24. The number of rotatable bonds is 7. The minimum atomic E-state index is -0.693. The first-order chi connectivity index (χ1) is 12.5. The molecule has 0 heterocycles. The van der Waals surface area contributed by atoms with Gasteiger partial charge < -0.3 is 14.8 Å². The van der Waals surface area contributed by atoms with Crippen molar-refractivity contribution >= 4 is 29.6 Å². The second-order valence-corrected chi connectivity index (χ2v) is 5.65. The lowest BCUT2D eigenvalue weighted by Crippen LogP contribution is -2.28. The number of esters is 1. The molecule has 2 rings (SSSR count). The Kier molecular flexibility index (Phi) is 7.17. The number of nitrogens with one attached hydrogen (secondary N) is 1. The summed E-state index contributed by atoms with van der Waals surface area (Å²) < 4.78 is 23.0. The molecular weight excluding hydrogens is 361 g/mol. The zero-order valence-corrected chi connectivity index (χ0v) is 14.8. The summed E-state index contributed by atoms with van der Waals surface area (Å²) in [4.78, 5) is 23.3. The van der Waals surface area contributed by atoms with E-state index in [0.29, 0.717) is 11.3 Å². The van der Waals surface area contributed by atoms with E-state index < -0.39 is 24.3 Å². The lowest BCUT2D eigenvalue weighted by atomic mass is 10.2. The van der Waals surface area contributed by atoms with Crippen LogP contribution >= 0.6 is 11.6 Å². The highest BCUT2D eigenvalue weighted by atomic mass is 35.5. The standard InChI is InChI=1S/C19H17ClFNO4/c1-25-15-4-2-3-14(9-15)11-22-18(23)12-26-19(24)8-6-13-5-7-17(21)16(20)10-13/h2-10H,11-12H2,1H3,(H,22,23)/b8-6+. The minimum absolute atomic E-state index is 0.0440. The Hall–Kier alpha value is -2.86. The van der Waals surface area contributed by atoms with Gasteiger partial charge in [-0.05, 0) is 41.5 Å². The zero-order chi connectivity index (χ0) is 18.9. The predicted molar refractivity (Wildman–Crippen MR) is 96.2 cm³/mol. The number of halogens is 2. The highest BCUT2D eigenvalue weighted by Gasteiger charge is 2.06. The van der Waals surface area contributed by atoms with Gasteiger partial charge in [-0.3, -0.25) is 4.79 Å². The Labute approximate surface area is 155 Å². The van der Waals surface area contributed by atoms with Gasteiger partial charge in [0, 0.05) is 12.6 Å². The summed E-state index contributed by atoms with van der Waals surface area (Å²) in [6.07, 6.45) is 2.56. The summed E-state index contributed by atoms with van der Waals surface area (Å²) in [5.41, 5.74) is 1.40. The van der Waals surface area contributed by atoms with Gasteiger partial charge in [0.15, 0.2) is 6.61 Å². The molecule has 1 amide bonds. The molecule has 136 valence electrons. The van der Waals surface area contributed by atoms with Crippen molar-refractivity contribution in [1.82, 2.24) is 5.32 Å². The molecule has 26 heavy (non-hydrogen) atoms. The number of hydrogen-bond acceptors (Lipinski definition) is 4. The molecule has 0 aliphatic heterocycles. The van der Waals surface area contributed by atoms with Gasteiger partial charge in [0.1, 0.15) is 11.6 Å². The summed E-state index contributed by atoms with van der Waals surface area (Å²) in [6, 6.07) is 11.3. The Bertz CT molecular complexity index is 823. The maximum atomic E-state index is 13.0. The monoisotopic (exact) mass is 377 g/mol. The van der Waals surface area contributed by atoms with Crippen LogP contribution in [-0.2, 0) is 20.9 Å². The first-order valence-corrected chi connectivity index (χ1v) is 8.05. The Morgan fingerprint density at radius 2 is 2.04 bits per heavy atom. The Balaban J connectivity index is 1.76. The first-order valence-electron chi connectivity index (χ1n) is 7.67. The molecule has 0 bridgehead atoms. The summed E-state index contributed by atoms with van der Waals surface area (Å²) >= 11 is 5.65. The molecule has 0 unspecified atom stereocenters. The van der Waals surface area contributed by atoms with Crippen LogP contribution in [0.2, 0.25) is 5.02 Å². The number of methoxy groups -OCH3 is 1. The van der Waals surface area contributed by atoms with E-state index in [1.807, 2.05) is 12.1 Å². The smallest absolute Gasteiger partial charge is 0.331 e. The molecule has 0 fully saturated rings. The molecule has 0 spiro atoms. The van der Waals surface area contributed by atoms with Crippen LogP contribution in [-0.4, -0.2) is 25.6 Å². The first kappa shape index (κ1) is 19.5. The normalized spacial score (nSPS) is 10.6. The van der Waals surface area contributed by atoms with E-state index in [1.165, 1.54) is 24.3 Å². The van der Waals surface area contributed by atoms with Crippen LogP contribution in [0.5, 0.6) is 5.75 Å². The van der Waals surface area contributed by atoms with E-state index in [4.69, 9.17) is 21.1 Å². The fourth-order valence-corrected chi connectivity index (χ4v) is 2.19.